The van der Waals surface area contributed by atoms with Crippen LogP contribution in [0.25, 0.3) is 11.5 Å². The van der Waals surface area contributed by atoms with Gasteiger partial charge in [0.25, 0.3) is 5.89 Å². The van der Waals surface area contributed by atoms with Crippen molar-refractivity contribution in [2.45, 2.75) is 52.4 Å². The summed E-state index contributed by atoms with van der Waals surface area (Å²) in [7, 11) is 0. The van der Waals surface area contributed by atoms with E-state index in [4.69, 9.17) is 10.3 Å². The van der Waals surface area contributed by atoms with Crippen molar-refractivity contribution < 1.29 is 4.52 Å². The summed E-state index contributed by atoms with van der Waals surface area (Å²) in [6.07, 6.45) is 4.74. The van der Waals surface area contributed by atoms with Crippen molar-refractivity contribution in [1.82, 2.24) is 10.1 Å². The molecule has 112 valence electrons. The summed E-state index contributed by atoms with van der Waals surface area (Å²) in [5.41, 5.74) is 9.06. The summed E-state index contributed by atoms with van der Waals surface area (Å²) in [5.74, 6) is 1.89. The second-order valence-electron chi connectivity index (χ2n) is 6.97. The first-order valence-electron chi connectivity index (χ1n) is 7.65. The summed E-state index contributed by atoms with van der Waals surface area (Å²) < 4.78 is 5.45. The van der Waals surface area contributed by atoms with Crippen molar-refractivity contribution in [3.63, 3.8) is 0 Å². The average molecular weight is 285 g/mol. The van der Waals surface area contributed by atoms with Gasteiger partial charge in [-0.25, -0.2) is 0 Å². The Morgan fingerprint density at radius 2 is 1.95 bits per heavy atom. The molecule has 0 amide bonds. The monoisotopic (exact) mass is 285 g/mol. The second-order valence-corrected chi connectivity index (χ2v) is 6.97. The lowest BCUT2D eigenvalue weighted by Gasteiger charge is -2.32. The molecular weight excluding hydrogens is 262 g/mol. The molecule has 2 N–H and O–H groups in total. The predicted molar refractivity (Wildman–Crippen MR) is 83.9 cm³/mol. The highest BCUT2D eigenvalue weighted by Crippen LogP contribution is 2.41. The molecule has 1 heterocycles. The topological polar surface area (TPSA) is 64.9 Å². The van der Waals surface area contributed by atoms with E-state index in [1.54, 1.807) is 0 Å². The van der Waals surface area contributed by atoms with Crippen molar-refractivity contribution in [1.29, 1.82) is 0 Å². The number of nitrogens with zero attached hydrogens (tertiary/aromatic N) is 2. The highest BCUT2D eigenvalue weighted by atomic mass is 16.5. The summed E-state index contributed by atoms with van der Waals surface area (Å²) in [6, 6.07) is 5.82. The van der Waals surface area contributed by atoms with Crippen LogP contribution in [-0.2, 0) is 0 Å². The first kappa shape index (κ1) is 14.1. The van der Waals surface area contributed by atoms with E-state index >= 15 is 0 Å². The van der Waals surface area contributed by atoms with Gasteiger partial charge in [-0.3, -0.25) is 0 Å². The fourth-order valence-corrected chi connectivity index (χ4v) is 2.98. The van der Waals surface area contributed by atoms with E-state index in [0.29, 0.717) is 17.2 Å². The lowest BCUT2D eigenvalue weighted by molar-refractivity contribution is 0.218. The number of nitrogen functional groups attached to an aromatic ring is 1. The standard InChI is InChI=1S/C17H23N3O/c1-11-10-13(4-5-14(11)18)16-19-15(20-21-16)12-6-8-17(2,3)9-7-12/h4-5,10,12H,6-9,18H2,1-3H3. The lowest BCUT2D eigenvalue weighted by atomic mass is 9.73. The average Bonchev–Trinajstić information content (AvgIpc) is 2.91. The largest absolute Gasteiger partial charge is 0.399 e. The van der Waals surface area contributed by atoms with Crippen LogP contribution < -0.4 is 5.73 Å². The molecule has 1 aliphatic carbocycles. The van der Waals surface area contributed by atoms with Crippen LogP contribution in [0.15, 0.2) is 22.7 Å². The van der Waals surface area contributed by atoms with E-state index in [-0.39, 0.29) is 0 Å². The van der Waals surface area contributed by atoms with E-state index in [0.717, 1.165) is 35.5 Å². The van der Waals surface area contributed by atoms with Gasteiger partial charge >= 0.3 is 0 Å². The Bertz CT molecular complexity index is 635. The SMILES string of the molecule is Cc1cc(-c2nc(C3CCC(C)(C)CC3)no2)ccc1N. The van der Waals surface area contributed by atoms with Gasteiger partial charge in [0.05, 0.1) is 0 Å². The zero-order chi connectivity index (χ0) is 15.0. The van der Waals surface area contributed by atoms with Gasteiger partial charge in [-0.2, -0.15) is 4.98 Å². The minimum absolute atomic E-state index is 0.436. The molecule has 0 unspecified atom stereocenters. The van der Waals surface area contributed by atoms with Gasteiger partial charge in [0, 0.05) is 17.2 Å². The van der Waals surface area contributed by atoms with Crippen molar-refractivity contribution in [3.8, 4) is 11.5 Å². The van der Waals surface area contributed by atoms with Crippen LogP contribution in [0.2, 0.25) is 0 Å². The van der Waals surface area contributed by atoms with E-state index in [9.17, 15) is 0 Å². The molecule has 1 fully saturated rings. The third kappa shape index (κ3) is 2.94. The summed E-state index contributed by atoms with van der Waals surface area (Å²) in [5, 5.41) is 4.20. The Labute approximate surface area is 125 Å². The fourth-order valence-electron chi connectivity index (χ4n) is 2.98. The summed E-state index contributed by atoms with van der Waals surface area (Å²) in [6.45, 7) is 6.66. The number of anilines is 1. The highest BCUT2D eigenvalue weighted by Gasteiger charge is 2.30. The Balaban J connectivity index is 1.79. The van der Waals surface area contributed by atoms with Gasteiger partial charge in [-0.15, -0.1) is 0 Å². The van der Waals surface area contributed by atoms with E-state index in [1.165, 1.54) is 12.8 Å². The first-order valence-corrected chi connectivity index (χ1v) is 7.65. The van der Waals surface area contributed by atoms with E-state index < -0.39 is 0 Å². The molecule has 2 aromatic rings. The van der Waals surface area contributed by atoms with Crippen LogP contribution >= 0.6 is 0 Å². The van der Waals surface area contributed by atoms with Crippen molar-refractivity contribution in [2.75, 3.05) is 5.73 Å². The molecule has 1 saturated carbocycles. The van der Waals surface area contributed by atoms with Crippen LogP contribution in [0.1, 0.15) is 56.8 Å². The molecule has 1 aromatic carbocycles. The second kappa shape index (κ2) is 5.17. The van der Waals surface area contributed by atoms with Crippen LogP contribution in [0.3, 0.4) is 0 Å². The predicted octanol–water partition coefficient (Wildman–Crippen LogP) is 4.31. The maximum atomic E-state index is 5.85. The summed E-state index contributed by atoms with van der Waals surface area (Å²) in [4.78, 5) is 4.60. The minimum Gasteiger partial charge on any atom is -0.399 e. The van der Waals surface area contributed by atoms with Crippen LogP contribution in [0.5, 0.6) is 0 Å². The number of hydrogen-bond donors (Lipinski definition) is 1. The molecule has 1 aromatic heterocycles. The molecule has 0 bridgehead atoms. The molecule has 0 atom stereocenters. The Kier molecular flexibility index (Phi) is 3.47. The molecule has 3 rings (SSSR count). The molecule has 21 heavy (non-hydrogen) atoms. The number of hydrogen-bond acceptors (Lipinski definition) is 4. The Morgan fingerprint density at radius 3 is 2.62 bits per heavy atom. The number of aryl methyl sites for hydroxylation is 1. The number of nitrogens with two attached hydrogens (primary N) is 1. The number of rotatable bonds is 2. The molecular formula is C17H23N3O. The quantitative estimate of drug-likeness (QED) is 0.835. The smallest absolute Gasteiger partial charge is 0.257 e. The highest BCUT2D eigenvalue weighted by molar-refractivity contribution is 5.60. The third-order valence-electron chi connectivity index (χ3n) is 4.66. The van der Waals surface area contributed by atoms with Crippen LogP contribution in [0, 0.1) is 12.3 Å². The molecule has 0 radical (unpaired) electrons. The van der Waals surface area contributed by atoms with Crippen molar-refractivity contribution in [3.05, 3.63) is 29.6 Å². The van der Waals surface area contributed by atoms with Gasteiger partial charge in [0.1, 0.15) is 0 Å². The summed E-state index contributed by atoms with van der Waals surface area (Å²) >= 11 is 0. The van der Waals surface area contributed by atoms with E-state index in [2.05, 4.69) is 24.0 Å². The Morgan fingerprint density at radius 1 is 1.24 bits per heavy atom. The fraction of sp³-hybridized carbons (Fsp3) is 0.529. The van der Waals surface area contributed by atoms with Crippen LogP contribution in [0.4, 0.5) is 5.69 Å². The molecule has 0 saturated heterocycles. The minimum atomic E-state index is 0.436. The normalized spacial score (nSPS) is 18.8. The van der Waals surface area contributed by atoms with Gasteiger partial charge in [-0.1, -0.05) is 19.0 Å². The first-order chi connectivity index (χ1) is 9.94. The van der Waals surface area contributed by atoms with Crippen molar-refractivity contribution in [2.24, 2.45) is 5.41 Å². The maximum absolute atomic E-state index is 5.85. The molecule has 4 nitrogen and oxygen atoms in total. The van der Waals surface area contributed by atoms with Gasteiger partial charge in [-0.05, 0) is 61.8 Å². The molecule has 0 spiro atoms. The van der Waals surface area contributed by atoms with Gasteiger partial charge in [0.2, 0.25) is 0 Å². The number of benzene rings is 1. The Hall–Kier alpha value is -1.84. The zero-order valence-corrected chi connectivity index (χ0v) is 13.0. The zero-order valence-electron chi connectivity index (χ0n) is 13.0. The van der Waals surface area contributed by atoms with Crippen molar-refractivity contribution >= 4 is 5.69 Å². The van der Waals surface area contributed by atoms with Gasteiger partial charge in [0.15, 0.2) is 5.82 Å². The van der Waals surface area contributed by atoms with Crippen LogP contribution in [-0.4, -0.2) is 10.1 Å². The maximum Gasteiger partial charge on any atom is 0.257 e. The lowest BCUT2D eigenvalue weighted by Crippen LogP contribution is -2.20. The molecule has 4 heteroatoms. The third-order valence-corrected chi connectivity index (χ3v) is 4.66. The number of aromatic nitrogens is 2. The molecule has 0 aliphatic heterocycles. The van der Waals surface area contributed by atoms with E-state index in [1.807, 2.05) is 25.1 Å². The molecule has 1 aliphatic rings. The van der Waals surface area contributed by atoms with Gasteiger partial charge < -0.3 is 10.3 Å².